The maximum atomic E-state index is 13.1. The molecular weight excluding hydrogens is 305 g/mol. The van der Waals surface area contributed by atoms with E-state index in [1.165, 1.54) is 12.1 Å². The molecule has 110 valence electrons. The Morgan fingerprint density at radius 2 is 2.10 bits per heavy atom. The van der Waals surface area contributed by atoms with Crippen LogP contribution in [0.4, 0.5) is 13.2 Å². The lowest BCUT2D eigenvalue weighted by Gasteiger charge is -2.12. The van der Waals surface area contributed by atoms with E-state index in [2.05, 4.69) is 15.5 Å². The summed E-state index contributed by atoms with van der Waals surface area (Å²) in [5.74, 6) is 0. The fourth-order valence-corrected chi connectivity index (χ4v) is 2.80. The van der Waals surface area contributed by atoms with Crippen LogP contribution in [0, 0.1) is 0 Å². The molecule has 0 aliphatic heterocycles. The van der Waals surface area contributed by atoms with Crippen molar-refractivity contribution in [2.75, 3.05) is 0 Å². The molecule has 1 aromatic carbocycles. The highest BCUT2D eigenvalue weighted by Crippen LogP contribution is 2.42. The molecule has 1 heterocycles. The predicted molar refractivity (Wildman–Crippen MR) is 67.0 cm³/mol. The largest absolute Gasteiger partial charge is 0.417 e. The highest BCUT2D eigenvalue weighted by atomic mass is 32.2. The van der Waals surface area contributed by atoms with Crippen LogP contribution in [0.3, 0.4) is 0 Å². The van der Waals surface area contributed by atoms with E-state index in [0.29, 0.717) is 11.4 Å². The third kappa shape index (κ3) is 2.92. The van der Waals surface area contributed by atoms with Gasteiger partial charge in [0.1, 0.15) is 6.29 Å². The summed E-state index contributed by atoms with van der Waals surface area (Å²) in [6, 6.07) is 3.62. The number of carbonyl (C=O) groups excluding carboxylic acids is 1. The molecular formula is C12H9F3N4OS. The summed E-state index contributed by atoms with van der Waals surface area (Å²) in [7, 11) is 0. The first-order valence-electron chi connectivity index (χ1n) is 6.11. The molecule has 0 saturated heterocycles. The Morgan fingerprint density at radius 1 is 1.33 bits per heavy atom. The first-order valence-corrected chi connectivity index (χ1v) is 6.93. The highest BCUT2D eigenvalue weighted by Gasteiger charge is 2.35. The SMILES string of the molecule is O=Cc1ccc(Sc2nnnn2C2CC2)c(C(F)(F)F)c1. The fraction of sp³-hybridized carbons (Fsp3) is 0.333. The van der Waals surface area contributed by atoms with Gasteiger partial charge >= 0.3 is 6.18 Å². The standard InChI is InChI=1S/C12H9F3N4OS/c13-12(14,15)9-5-7(6-20)1-4-10(9)21-11-16-17-18-19(11)8-2-3-8/h1,4-6,8H,2-3H2. The lowest BCUT2D eigenvalue weighted by molar-refractivity contribution is -0.139. The molecule has 0 spiro atoms. The van der Waals surface area contributed by atoms with Crippen molar-refractivity contribution >= 4 is 18.0 Å². The van der Waals surface area contributed by atoms with E-state index in [1.54, 1.807) is 4.68 Å². The van der Waals surface area contributed by atoms with Crippen molar-refractivity contribution in [2.24, 2.45) is 0 Å². The number of tetrazole rings is 1. The Bertz CT molecular complexity index is 681. The van der Waals surface area contributed by atoms with Gasteiger partial charge in [-0.25, -0.2) is 4.68 Å². The van der Waals surface area contributed by atoms with Gasteiger partial charge in [0.15, 0.2) is 0 Å². The second-order valence-corrected chi connectivity index (χ2v) is 5.62. The quantitative estimate of drug-likeness (QED) is 0.812. The molecule has 0 atom stereocenters. The van der Waals surface area contributed by atoms with E-state index in [1.807, 2.05) is 0 Å². The number of rotatable bonds is 4. The number of aldehydes is 1. The average molecular weight is 314 g/mol. The zero-order valence-corrected chi connectivity index (χ0v) is 11.4. The molecule has 0 amide bonds. The third-order valence-corrected chi connectivity index (χ3v) is 4.03. The van der Waals surface area contributed by atoms with Gasteiger partial charge in [-0.2, -0.15) is 13.2 Å². The van der Waals surface area contributed by atoms with E-state index in [9.17, 15) is 18.0 Å². The fourth-order valence-electron chi connectivity index (χ4n) is 1.83. The molecule has 1 aromatic heterocycles. The molecule has 1 aliphatic carbocycles. The van der Waals surface area contributed by atoms with Crippen molar-refractivity contribution in [3.8, 4) is 0 Å². The van der Waals surface area contributed by atoms with Crippen molar-refractivity contribution in [3.63, 3.8) is 0 Å². The normalized spacial score (nSPS) is 15.2. The number of alkyl halides is 3. The summed E-state index contributed by atoms with van der Waals surface area (Å²) < 4.78 is 40.8. The molecule has 0 unspecified atom stereocenters. The number of halogens is 3. The molecule has 9 heteroatoms. The van der Waals surface area contributed by atoms with Gasteiger partial charge in [-0.3, -0.25) is 4.79 Å². The van der Waals surface area contributed by atoms with Gasteiger partial charge in [0.25, 0.3) is 0 Å². The van der Waals surface area contributed by atoms with Crippen LogP contribution in [0.25, 0.3) is 0 Å². The number of aromatic nitrogens is 4. The number of hydrogen-bond donors (Lipinski definition) is 0. The zero-order chi connectivity index (χ0) is 15.0. The molecule has 1 aliphatic rings. The van der Waals surface area contributed by atoms with Crippen LogP contribution in [0.1, 0.15) is 34.8 Å². The van der Waals surface area contributed by atoms with E-state index in [-0.39, 0.29) is 16.5 Å². The average Bonchev–Trinajstić information content (AvgIpc) is 3.18. The summed E-state index contributed by atoms with van der Waals surface area (Å²) in [5, 5.41) is 11.4. The Kier molecular flexibility index (Phi) is 3.44. The van der Waals surface area contributed by atoms with Crippen molar-refractivity contribution in [1.82, 2.24) is 20.2 Å². The van der Waals surface area contributed by atoms with E-state index in [4.69, 9.17) is 0 Å². The Balaban J connectivity index is 1.97. The van der Waals surface area contributed by atoms with E-state index >= 15 is 0 Å². The second kappa shape index (κ2) is 5.14. The number of hydrogen-bond acceptors (Lipinski definition) is 5. The Morgan fingerprint density at radius 3 is 2.71 bits per heavy atom. The highest BCUT2D eigenvalue weighted by molar-refractivity contribution is 7.99. The molecule has 0 bridgehead atoms. The lowest BCUT2D eigenvalue weighted by atomic mass is 10.1. The van der Waals surface area contributed by atoms with Gasteiger partial charge in [0.05, 0.1) is 11.6 Å². The van der Waals surface area contributed by atoms with Gasteiger partial charge in [-0.15, -0.1) is 5.10 Å². The van der Waals surface area contributed by atoms with Crippen LogP contribution < -0.4 is 0 Å². The summed E-state index contributed by atoms with van der Waals surface area (Å²) in [6.07, 6.45) is -2.30. The summed E-state index contributed by atoms with van der Waals surface area (Å²) in [6.45, 7) is 0. The summed E-state index contributed by atoms with van der Waals surface area (Å²) in [5.41, 5.74) is -0.879. The van der Waals surface area contributed by atoms with Gasteiger partial charge in [0, 0.05) is 10.5 Å². The van der Waals surface area contributed by atoms with Crippen LogP contribution in [0.15, 0.2) is 28.3 Å². The van der Waals surface area contributed by atoms with Gasteiger partial charge in [-0.05, 0) is 47.2 Å². The molecule has 2 aromatic rings. The molecule has 3 rings (SSSR count). The Hall–Kier alpha value is -1.90. The minimum atomic E-state index is -4.54. The third-order valence-electron chi connectivity index (χ3n) is 3.00. The molecule has 5 nitrogen and oxygen atoms in total. The minimum absolute atomic E-state index is 0.0199. The predicted octanol–water partition coefficient (Wildman–Crippen LogP) is 2.99. The second-order valence-electron chi connectivity index (χ2n) is 4.61. The van der Waals surface area contributed by atoms with Crippen LogP contribution in [0.5, 0.6) is 0 Å². The smallest absolute Gasteiger partial charge is 0.298 e. The first kappa shape index (κ1) is 14.1. The van der Waals surface area contributed by atoms with Gasteiger partial charge in [0.2, 0.25) is 5.16 Å². The Labute approximate surface area is 121 Å². The molecule has 0 radical (unpaired) electrons. The van der Waals surface area contributed by atoms with E-state index < -0.39 is 11.7 Å². The first-order chi connectivity index (χ1) is 9.99. The molecule has 0 N–H and O–H groups in total. The zero-order valence-electron chi connectivity index (χ0n) is 10.5. The lowest BCUT2D eigenvalue weighted by Crippen LogP contribution is -2.08. The maximum Gasteiger partial charge on any atom is 0.417 e. The van der Waals surface area contributed by atoms with Crippen molar-refractivity contribution < 1.29 is 18.0 Å². The van der Waals surface area contributed by atoms with Crippen LogP contribution in [0.2, 0.25) is 0 Å². The van der Waals surface area contributed by atoms with Crippen molar-refractivity contribution in [2.45, 2.75) is 35.1 Å². The van der Waals surface area contributed by atoms with Gasteiger partial charge in [-0.1, -0.05) is 6.07 Å². The van der Waals surface area contributed by atoms with Crippen LogP contribution in [-0.4, -0.2) is 26.5 Å². The number of benzene rings is 1. The van der Waals surface area contributed by atoms with Crippen molar-refractivity contribution in [1.29, 1.82) is 0 Å². The summed E-state index contributed by atoms with van der Waals surface area (Å²) in [4.78, 5) is 10.6. The molecule has 21 heavy (non-hydrogen) atoms. The topological polar surface area (TPSA) is 60.7 Å². The van der Waals surface area contributed by atoms with Gasteiger partial charge < -0.3 is 0 Å². The van der Waals surface area contributed by atoms with Crippen LogP contribution >= 0.6 is 11.8 Å². The minimum Gasteiger partial charge on any atom is -0.298 e. The molecule has 1 fully saturated rings. The number of nitrogens with zero attached hydrogens (tertiary/aromatic N) is 4. The molecule has 1 saturated carbocycles. The van der Waals surface area contributed by atoms with E-state index in [0.717, 1.165) is 30.7 Å². The summed E-state index contributed by atoms with van der Waals surface area (Å²) >= 11 is 0.853. The van der Waals surface area contributed by atoms with Crippen LogP contribution in [-0.2, 0) is 6.18 Å². The van der Waals surface area contributed by atoms with Crippen molar-refractivity contribution in [3.05, 3.63) is 29.3 Å². The number of carbonyl (C=O) groups is 1. The monoisotopic (exact) mass is 314 g/mol. The maximum absolute atomic E-state index is 13.1.